The Labute approximate surface area is 207 Å². The van der Waals surface area contributed by atoms with Crippen molar-refractivity contribution in [1.29, 1.82) is 0 Å². The maximum Gasteiger partial charge on any atom is 0.409 e. The second-order valence-electron chi connectivity index (χ2n) is 8.31. The zero-order valence-electron chi connectivity index (χ0n) is 20.7. The fourth-order valence-corrected chi connectivity index (χ4v) is 4.99. The van der Waals surface area contributed by atoms with Gasteiger partial charge in [-0.2, -0.15) is 4.31 Å². The summed E-state index contributed by atoms with van der Waals surface area (Å²) in [4.78, 5) is 28.6. The fourth-order valence-electron chi connectivity index (χ4n) is 3.84. The molecule has 2 amide bonds. The Morgan fingerprint density at radius 2 is 1.57 bits per heavy atom. The molecule has 2 aromatic rings. The molecular formula is C25H33N3O6S. The van der Waals surface area contributed by atoms with E-state index >= 15 is 0 Å². The zero-order chi connectivity index (χ0) is 25.6. The largest absolute Gasteiger partial charge is 0.494 e. The van der Waals surface area contributed by atoms with Crippen molar-refractivity contribution in [3.8, 4) is 5.75 Å². The Kier molecular flexibility index (Phi) is 8.74. The van der Waals surface area contributed by atoms with Crippen LogP contribution in [0.3, 0.4) is 0 Å². The number of sulfonamides is 1. The van der Waals surface area contributed by atoms with Crippen molar-refractivity contribution in [2.75, 3.05) is 46.4 Å². The van der Waals surface area contributed by atoms with Crippen LogP contribution in [0, 0.1) is 6.92 Å². The molecule has 35 heavy (non-hydrogen) atoms. The molecule has 0 unspecified atom stereocenters. The monoisotopic (exact) mass is 503 g/mol. The molecule has 0 atom stereocenters. The summed E-state index contributed by atoms with van der Waals surface area (Å²) in [6, 6.07) is 11.8. The molecular weight excluding hydrogens is 470 g/mol. The lowest BCUT2D eigenvalue weighted by atomic mass is 10.1. The molecule has 0 radical (unpaired) electrons. The van der Waals surface area contributed by atoms with Crippen molar-refractivity contribution in [3.63, 3.8) is 0 Å². The van der Waals surface area contributed by atoms with Crippen molar-refractivity contribution < 1.29 is 27.5 Å². The van der Waals surface area contributed by atoms with Gasteiger partial charge in [0.05, 0.1) is 18.1 Å². The molecule has 1 saturated heterocycles. The predicted molar refractivity (Wildman–Crippen MR) is 132 cm³/mol. The van der Waals surface area contributed by atoms with E-state index in [1.165, 1.54) is 11.4 Å². The van der Waals surface area contributed by atoms with E-state index in [9.17, 15) is 18.0 Å². The van der Waals surface area contributed by atoms with Crippen molar-refractivity contribution in [1.82, 2.24) is 14.1 Å². The first-order valence-electron chi connectivity index (χ1n) is 11.7. The number of rotatable bonds is 8. The number of carbonyl (C=O) groups excluding carboxylic acids is 2. The lowest BCUT2D eigenvalue weighted by Gasteiger charge is -2.34. The van der Waals surface area contributed by atoms with Gasteiger partial charge < -0.3 is 19.3 Å². The third-order valence-corrected chi connectivity index (χ3v) is 7.64. The number of hydrogen-bond acceptors (Lipinski definition) is 6. The van der Waals surface area contributed by atoms with Gasteiger partial charge in [0.2, 0.25) is 10.0 Å². The smallest absolute Gasteiger partial charge is 0.409 e. The lowest BCUT2D eigenvalue weighted by molar-refractivity contribution is 0.0570. The number of piperazine rings is 1. The molecule has 0 saturated carbocycles. The number of ether oxygens (including phenoxy) is 2. The topological polar surface area (TPSA) is 96.5 Å². The van der Waals surface area contributed by atoms with E-state index < -0.39 is 10.0 Å². The van der Waals surface area contributed by atoms with Crippen molar-refractivity contribution in [2.24, 2.45) is 0 Å². The van der Waals surface area contributed by atoms with Crippen molar-refractivity contribution >= 4 is 22.0 Å². The Morgan fingerprint density at radius 3 is 2.17 bits per heavy atom. The van der Waals surface area contributed by atoms with Crippen LogP contribution in [0.1, 0.15) is 35.3 Å². The summed E-state index contributed by atoms with van der Waals surface area (Å²) in [5.41, 5.74) is 2.01. The third-order valence-electron chi connectivity index (χ3n) is 5.82. The SMILES string of the molecule is CCOC(=O)N1CCN(C(=O)c2ccc(OCC)c(CN(C)S(=O)(=O)c3ccc(C)cc3)c2)CC1. The normalized spacial score (nSPS) is 14.2. The molecule has 1 aliphatic heterocycles. The second-order valence-corrected chi connectivity index (χ2v) is 10.4. The molecule has 0 N–H and O–H groups in total. The summed E-state index contributed by atoms with van der Waals surface area (Å²) < 4.78 is 38.2. The Balaban J connectivity index is 1.77. The first-order valence-corrected chi connectivity index (χ1v) is 13.1. The van der Waals surface area contributed by atoms with Gasteiger partial charge in [0, 0.05) is 50.9 Å². The minimum absolute atomic E-state index is 0.0449. The van der Waals surface area contributed by atoms with Crippen LogP contribution >= 0.6 is 0 Å². The minimum Gasteiger partial charge on any atom is -0.494 e. The number of aryl methyl sites for hydroxylation is 1. The maximum absolute atomic E-state index is 13.2. The molecule has 9 nitrogen and oxygen atoms in total. The highest BCUT2D eigenvalue weighted by molar-refractivity contribution is 7.89. The van der Waals surface area contributed by atoms with Gasteiger partial charge in [0.1, 0.15) is 5.75 Å². The lowest BCUT2D eigenvalue weighted by Crippen LogP contribution is -2.50. The summed E-state index contributed by atoms with van der Waals surface area (Å²) in [7, 11) is -2.22. The van der Waals surface area contributed by atoms with E-state index in [0.29, 0.717) is 56.3 Å². The van der Waals surface area contributed by atoms with E-state index in [0.717, 1.165) is 5.56 Å². The summed E-state index contributed by atoms with van der Waals surface area (Å²) >= 11 is 0. The predicted octanol–water partition coefficient (Wildman–Crippen LogP) is 3.13. The Hall–Kier alpha value is -3.11. The number of amides is 2. The Morgan fingerprint density at radius 1 is 0.943 bits per heavy atom. The van der Waals surface area contributed by atoms with Gasteiger partial charge in [-0.05, 0) is 51.1 Å². The molecule has 3 rings (SSSR count). The molecule has 0 aromatic heterocycles. The molecule has 190 valence electrons. The number of nitrogens with zero attached hydrogens (tertiary/aromatic N) is 3. The van der Waals surface area contributed by atoms with Gasteiger partial charge in [-0.3, -0.25) is 4.79 Å². The maximum atomic E-state index is 13.2. The quantitative estimate of drug-likeness (QED) is 0.549. The van der Waals surface area contributed by atoms with Gasteiger partial charge in [-0.1, -0.05) is 17.7 Å². The number of hydrogen-bond donors (Lipinski definition) is 0. The molecule has 0 bridgehead atoms. The molecule has 2 aromatic carbocycles. The van der Waals surface area contributed by atoms with E-state index in [4.69, 9.17) is 9.47 Å². The highest BCUT2D eigenvalue weighted by atomic mass is 32.2. The fraction of sp³-hybridized carbons (Fsp3) is 0.440. The summed E-state index contributed by atoms with van der Waals surface area (Å²) in [6.45, 7) is 7.83. The van der Waals surface area contributed by atoms with Crippen LogP contribution < -0.4 is 4.74 Å². The average Bonchev–Trinajstić information content (AvgIpc) is 2.85. The molecule has 1 heterocycles. The second kappa shape index (κ2) is 11.5. The molecule has 1 aliphatic rings. The van der Waals surface area contributed by atoms with Crippen LogP contribution in [-0.2, 0) is 21.3 Å². The number of carbonyl (C=O) groups is 2. The minimum atomic E-state index is -3.73. The van der Waals surface area contributed by atoms with Gasteiger partial charge >= 0.3 is 6.09 Å². The summed E-state index contributed by atoms with van der Waals surface area (Å²) in [5.74, 6) is 0.351. The van der Waals surface area contributed by atoms with Gasteiger partial charge in [0.25, 0.3) is 5.91 Å². The van der Waals surface area contributed by atoms with Gasteiger partial charge in [-0.15, -0.1) is 0 Å². The molecule has 0 aliphatic carbocycles. The first kappa shape index (κ1) is 26.5. The first-order chi connectivity index (χ1) is 16.7. The third kappa shape index (κ3) is 6.32. The molecule has 10 heteroatoms. The van der Waals surface area contributed by atoms with E-state index in [1.807, 2.05) is 13.8 Å². The Bertz CT molecular complexity index is 1140. The van der Waals surface area contributed by atoms with Crippen molar-refractivity contribution in [3.05, 3.63) is 59.2 Å². The van der Waals surface area contributed by atoms with E-state index in [-0.39, 0.29) is 23.4 Å². The average molecular weight is 504 g/mol. The van der Waals surface area contributed by atoms with Gasteiger partial charge in [0.15, 0.2) is 0 Å². The summed E-state index contributed by atoms with van der Waals surface area (Å²) in [6.07, 6.45) is -0.374. The number of benzene rings is 2. The van der Waals surface area contributed by atoms with Crippen LogP contribution in [0.5, 0.6) is 5.75 Å². The zero-order valence-corrected chi connectivity index (χ0v) is 21.5. The highest BCUT2D eigenvalue weighted by Crippen LogP contribution is 2.25. The molecule has 0 spiro atoms. The molecule has 1 fully saturated rings. The van der Waals surface area contributed by atoms with Crippen LogP contribution in [0.2, 0.25) is 0 Å². The van der Waals surface area contributed by atoms with Gasteiger partial charge in [-0.25, -0.2) is 13.2 Å². The van der Waals surface area contributed by atoms with Crippen LogP contribution in [0.15, 0.2) is 47.4 Å². The van der Waals surface area contributed by atoms with Crippen LogP contribution in [0.25, 0.3) is 0 Å². The van der Waals surface area contributed by atoms with Crippen LogP contribution in [-0.4, -0.2) is 81.0 Å². The van der Waals surface area contributed by atoms with Crippen molar-refractivity contribution in [2.45, 2.75) is 32.2 Å². The van der Waals surface area contributed by atoms with Crippen LogP contribution in [0.4, 0.5) is 4.79 Å². The standard InChI is InChI=1S/C25H33N3O6S/c1-5-33-23-12-9-20(24(29)27-13-15-28(16-14-27)25(30)34-6-2)17-21(23)18-26(4)35(31,32)22-10-7-19(3)8-11-22/h7-12,17H,5-6,13-16,18H2,1-4H3. The highest BCUT2D eigenvalue weighted by Gasteiger charge is 2.27. The summed E-state index contributed by atoms with van der Waals surface area (Å²) in [5, 5.41) is 0. The van der Waals surface area contributed by atoms with E-state index in [1.54, 1.807) is 59.2 Å². The van der Waals surface area contributed by atoms with E-state index in [2.05, 4.69) is 0 Å².